The van der Waals surface area contributed by atoms with Crippen LogP contribution in [0.25, 0.3) is 0 Å². The maximum atomic E-state index is 11.9. The van der Waals surface area contributed by atoms with Crippen LogP contribution in [0.3, 0.4) is 0 Å². The summed E-state index contributed by atoms with van der Waals surface area (Å²) in [7, 11) is 1.55. The van der Waals surface area contributed by atoms with Crippen LogP contribution in [0.5, 0.6) is 0 Å². The van der Waals surface area contributed by atoms with Gasteiger partial charge >= 0.3 is 0 Å². The molecule has 134 valence electrons. The fourth-order valence-corrected chi connectivity index (χ4v) is 2.71. The Morgan fingerprint density at radius 2 is 1.67 bits per heavy atom. The highest BCUT2D eigenvalue weighted by molar-refractivity contribution is 5.84. The summed E-state index contributed by atoms with van der Waals surface area (Å²) in [5.74, 6) is 0.741. The standard InChI is InChI=1S/C19H31N3O2/c1-13(2)10-15-6-8-16(9-7-15)19(14(3)4)22-12-18(24)21-11-17(23)20-5/h6-9,13-14,19,22H,10-12H2,1-5H3,(H,20,23)(H,21,24)/p+1/t19-/m0/s1. The Balaban J connectivity index is 2.60. The molecule has 0 bridgehead atoms. The average Bonchev–Trinajstić information content (AvgIpc) is 2.53. The summed E-state index contributed by atoms with van der Waals surface area (Å²) in [4.78, 5) is 23.0. The Kier molecular flexibility index (Phi) is 8.47. The zero-order valence-corrected chi connectivity index (χ0v) is 15.6. The van der Waals surface area contributed by atoms with Crippen LogP contribution in [-0.2, 0) is 16.0 Å². The second kappa shape index (κ2) is 10.1. The highest BCUT2D eigenvalue weighted by Gasteiger charge is 2.20. The van der Waals surface area contributed by atoms with E-state index in [-0.39, 0.29) is 24.4 Å². The molecule has 1 aromatic rings. The van der Waals surface area contributed by atoms with Gasteiger partial charge in [-0.1, -0.05) is 52.0 Å². The average molecular weight is 334 g/mol. The van der Waals surface area contributed by atoms with Gasteiger partial charge in [-0.25, -0.2) is 0 Å². The van der Waals surface area contributed by atoms with Gasteiger partial charge in [-0.3, -0.25) is 9.59 Å². The molecule has 2 amide bonds. The number of carbonyl (C=O) groups excluding carboxylic acids is 2. The van der Waals surface area contributed by atoms with Gasteiger partial charge in [0.2, 0.25) is 5.91 Å². The third-order valence-corrected chi connectivity index (χ3v) is 4.01. The second-order valence-electron chi connectivity index (χ2n) is 7.00. The minimum absolute atomic E-state index is 0.0272. The maximum Gasteiger partial charge on any atom is 0.275 e. The summed E-state index contributed by atoms with van der Waals surface area (Å²) in [6.45, 7) is 9.09. The lowest BCUT2D eigenvalue weighted by Crippen LogP contribution is -2.88. The number of carbonyl (C=O) groups is 2. The minimum atomic E-state index is -0.190. The molecule has 0 aromatic heterocycles. The van der Waals surface area contributed by atoms with Gasteiger partial charge in [0.25, 0.3) is 5.91 Å². The van der Waals surface area contributed by atoms with E-state index in [1.807, 2.05) is 5.32 Å². The van der Waals surface area contributed by atoms with E-state index in [9.17, 15) is 9.59 Å². The van der Waals surface area contributed by atoms with Gasteiger partial charge in [0.1, 0.15) is 6.04 Å². The van der Waals surface area contributed by atoms with Gasteiger partial charge in [0, 0.05) is 18.5 Å². The Hall–Kier alpha value is -1.88. The van der Waals surface area contributed by atoms with E-state index in [0.717, 1.165) is 6.42 Å². The second-order valence-corrected chi connectivity index (χ2v) is 7.00. The maximum absolute atomic E-state index is 11.9. The molecule has 0 heterocycles. The van der Waals surface area contributed by atoms with Crippen LogP contribution in [0.2, 0.25) is 0 Å². The molecule has 0 radical (unpaired) electrons. The first-order valence-corrected chi connectivity index (χ1v) is 8.73. The van der Waals surface area contributed by atoms with Crippen LogP contribution in [0.1, 0.15) is 44.9 Å². The molecule has 0 aliphatic heterocycles. The third-order valence-electron chi connectivity index (χ3n) is 4.01. The first-order chi connectivity index (χ1) is 11.3. The molecule has 0 unspecified atom stereocenters. The van der Waals surface area contributed by atoms with Crippen molar-refractivity contribution in [2.24, 2.45) is 11.8 Å². The number of quaternary nitrogens is 1. The quantitative estimate of drug-likeness (QED) is 0.630. The SMILES string of the molecule is CNC(=O)CNC(=O)C[NH2+][C@H](c1ccc(CC(C)C)cc1)C(C)C. The molecule has 0 saturated carbocycles. The van der Waals surface area contributed by atoms with Crippen molar-refractivity contribution in [1.82, 2.24) is 10.6 Å². The van der Waals surface area contributed by atoms with Crippen molar-refractivity contribution in [3.63, 3.8) is 0 Å². The number of benzene rings is 1. The summed E-state index contributed by atoms with van der Waals surface area (Å²) in [6.07, 6.45) is 1.08. The highest BCUT2D eigenvalue weighted by atomic mass is 16.2. The largest absolute Gasteiger partial charge is 0.358 e. The van der Waals surface area contributed by atoms with E-state index in [0.29, 0.717) is 18.4 Å². The van der Waals surface area contributed by atoms with Crippen molar-refractivity contribution >= 4 is 11.8 Å². The third kappa shape index (κ3) is 7.13. The van der Waals surface area contributed by atoms with E-state index in [1.165, 1.54) is 11.1 Å². The van der Waals surface area contributed by atoms with Gasteiger partial charge in [0.15, 0.2) is 6.54 Å². The van der Waals surface area contributed by atoms with Crippen molar-refractivity contribution in [2.75, 3.05) is 20.1 Å². The number of hydrogen-bond donors (Lipinski definition) is 3. The van der Waals surface area contributed by atoms with E-state index in [4.69, 9.17) is 0 Å². The normalized spacial score (nSPS) is 12.3. The summed E-state index contributed by atoms with van der Waals surface area (Å²) >= 11 is 0. The topological polar surface area (TPSA) is 74.8 Å². The lowest BCUT2D eigenvalue weighted by atomic mass is 9.94. The molecule has 0 spiro atoms. The fourth-order valence-electron chi connectivity index (χ4n) is 2.71. The van der Waals surface area contributed by atoms with Crippen molar-refractivity contribution in [1.29, 1.82) is 0 Å². The number of amides is 2. The zero-order valence-electron chi connectivity index (χ0n) is 15.6. The predicted molar refractivity (Wildman–Crippen MR) is 96.4 cm³/mol. The molecule has 1 aromatic carbocycles. The van der Waals surface area contributed by atoms with Crippen LogP contribution in [0, 0.1) is 11.8 Å². The van der Waals surface area contributed by atoms with Crippen molar-refractivity contribution in [2.45, 2.75) is 40.2 Å². The molecule has 1 rings (SSSR count). The number of hydrogen-bond acceptors (Lipinski definition) is 2. The molecule has 1 atom stereocenters. The Labute approximate surface area is 145 Å². The summed E-state index contributed by atoms with van der Waals surface area (Å²) < 4.78 is 0. The minimum Gasteiger partial charge on any atom is -0.358 e. The van der Waals surface area contributed by atoms with Crippen LogP contribution >= 0.6 is 0 Å². The lowest BCUT2D eigenvalue weighted by molar-refractivity contribution is -0.692. The molecular formula is C19H32N3O2+. The van der Waals surface area contributed by atoms with Crippen molar-refractivity contribution < 1.29 is 14.9 Å². The monoisotopic (exact) mass is 334 g/mol. The van der Waals surface area contributed by atoms with Crippen molar-refractivity contribution in [3.05, 3.63) is 35.4 Å². The van der Waals surface area contributed by atoms with Gasteiger partial charge in [0.05, 0.1) is 6.54 Å². The van der Waals surface area contributed by atoms with E-state index in [2.05, 4.69) is 62.6 Å². The predicted octanol–water partition coefficient (Wildman–Crippen LogP) is 1.01. The number of nitrogens with one attached hydrogen (secondary N) is 2. The van der Waals surface area contributed by atoms with E-state index < -0.39 is 0 Å². The smallest absolute Gasteiger partial charge is 0.275 e. The number of nitrogens with two attached hydrogens (primary N) is 1. The van der Waals surface area contributed by atoms with Gasteiger partial charge in [-0.15, -0.1) is 0 Å². The number of likely N-dealkylation sites (N-methyl/N-ethyl adjacent to an activating group) is 1. The molecule has 0 fully saturated rings. The number of rotatable bonds is 9. The summed E-state index contributed by atoms with van der Waals surface area (Å²) in [5, 5.41) is 7.15. The Morgan fingerprint density at radius 1 is 1.04 bits per heavy atom. The lowest BCUT2D eigenvalue weighted by Gasteiger charge is -2.20. The van der Waals surface area contributed by atoms with Crippen LogP contribution in [0.15, 0.2) is 24.3 Å². The van der Waals surface area contributed by atoms with Gasteiger partial charge in [-0.05, 0) is 17.9 Å². The molecule has 5 nitrogen and oxygen atoms in total. The molecule has 0 aliphatic carbocycles. The van der Waals surface area contributed by atoms with Crippen molar-refractivity contribution in [3.8, 4) is 0 Å². The van der Waals surface area contributed by atoms with Crippen LogP contribution < -0.4 is 16.0 Å². The Morgan fingerprint density at radius 3 is 2.17 bits per heavy atom. The summed E-state index contributed by atoms with van der Waals surface area (Å²) in [6, 6.07) is 8.93. The first kappa shape index (κ1) is 20.2. The van der Waals surface area contributed by atoms with Crippen LogP contribution in [0.4, 0.5) is 0 Å². The fraction of sp³-hybridized carbons (Fsp3) is 0.579. The van der Waals surface area contributed by atoms with E-state index in [1.54, 1.807) is 7.05 Å². The van der Waals surface area contributed by atoms with E-state index >= 15 is 0 Å². The van der Waals surface area contributed by atoms with Gasteiger partial charge in [-0.2, -0.15) is 0 Å². The molecule has 0 aliphatic rings. The summed E-state index contributed by atoms with van der Waals surface area (Å²) in [5.41, 5.74) is 2.58. The first-order valence-electron chi connectivity index (χ1n) is 8.73. The molecule has 24 heavy (non-hydrogen) atoms. The molecular weight excluding hydrogens is 302 g/mol. The Bertz CT molecular complexity index is 524. The molecule has 5 heteroatoms. The molecule has 0 saturated heterocycles. The zero-order chi connectivity index (χ0) is 18.1. The molecule has 4 N–H and O–H groups in total. The highest BCUT2D eigenvalue weighted by Crippen LogP contribution is 2.19. The van der Waals surface area contributed by atoms with Gasteiger partial charge < -0.3 is 16.0 Å². The van der Waals surface area contributed by atoms with Crippen LogP contribution in [-0.4, -0.2) is 32.0 Å².